The predicted octanol–water partition coefficient (Wildman–Crippen LogP) is 2.89. The van der Waals surface area contributed by atoms with E-state index < -0.39 is 0 Å². The van der Waals surface area contributed by atoms with Gasteiger partial charge in [-0.3, -0.25) is 9.78 Å². The Morgan fingerprint density at radius 3 is 2.82 bits per heavy atom. The molecular weight excluding hydrogens is 274 g/mol. The number of hydrogen-bond donors (Lipinski definition) is 0. The minimum absolute atomic E-state index is 0.122. The topological polar surface area (TPSA) is 36.4 Å². The molecule has 0 radical (unpaired) electrons. The van der Waals surface area contributed by atoms with E-state index >= 15 is 0 Å². The second kappa shape index (κ2) is 8.08. The highest BCUT2D eigenvalue weighted by Gasteiger charge is 2.21. The van der Waals surface area contributed by atoms with Crippen LogP contribution in [-0.4, -0.2) is 53.4 Å². The zero-order valence-corrected chi connectivity index (χ0v) is 14.0. The number of carbonyl (C=O) groups excluding carboxylic acids is 1. The molecule has 4 heteroatoms. The van der Waals surface area contributed by atoms with Crippen molar-refractivity contribution in [3.8, 4) is 0 Å². The number of pyridine rings is 1. The van der Waals surface area contributed by atoms with Gasteiger partial charge in [-0.25, -0.2) is 0 Å². The Hall–Kier alpha value is -1.68. The van der Waals surface area contributed by atoms with Crippen LogP contribution in [0.25, 0.3) is 0 Å². The number of aromatic nitrogens is 1. The lowest BCUT2D eigenvalue weighted by molar-refractivity contribution is 0.0760. The van der Waals surface area contributed by atoms with Gasteiger partial charge in [-0.1, -0.05) is 11.6 Å². The molecular formula is C18H27N3O. The van der Waals surface area contributed by atoms with Crippen LogP contribution in [0.3, 0.4) is 0 Å². The smallest absolute Gasteiger partial charge is 0.255 e. The predicted molar refractivity (Wildman–Crippen MR) is 90.0 cm³/mol. The Morgan fingerprint density at radius 2 is 2.09 bits per heavy atom. The van der Waals surface area contributed by atoms with Crippen LogP contribution in [0.2, 0.25) is 0 Å². The number of amides is 1. The van der Waals surface area contributed by atoms with Crippen LogP contribution in [-0.2, 0) is 0 Å². The van der Waals surface area contributed by atoms with Gasteiger partial charge < -0.3 is 9.80 Å². The Bertz CT molecular complexity index is 535. The van der Waals surface area contributed by atoms with Gasteiger partial charge in [0.2, 0.25) is 0 Å². The first kappa shape index (κ1) is 16.7. The molecule has 1 aliphatic heterocycles. The number of hydrogen-bond acceptors (Lipinski definition) is 3. The van der Waals surface area contributed by atoms with Crippen molar-refractivity contribution in [3.05, 3.63) is 41.2 Å². The van der Waals surface area contributed by atoms with Crippen LogP contribution in [0.15, 0.2) is 30.1 Å². The summed E-state index contributed by atoms with van der Waals surface area (Å²) in [6.45, 7) is 11.0. The first-order chi connectivity index (χ1) is 10.6. The van der Waals surface area contributed by atoms with E-state index in [0.29, 0.717) is 0 Å². The Morgan fingerprint density at radius 1 is 1.27 bits per heavy atom. The summed E-state index contributed by atoms with van der Waals surface area (Å²) in [4.78, 5) is 21.2. The van der Waals surface area contributed by atoms with Crippen molar-refractivity contribution in [3.63, 3.8) is 0 Å². The fourth-order valence-corrected chi connectivity index (χ4v) is 2.79. The third kappa shape index (κ3) is 4.67. The molecule has 0 aromatic carbocycles. The van der Waals surface area contributed by atoms with Crippen LogP contribution in [0.1, 0.15) is 42.6 Å². The average Bonchev–Trinajstić information content (AvgIpc) is 2.72. The molecule has 1 aromatic heterocycles. The maximum atomic E-state index is 12.6. The Kier molecular flexibility index (Phi) is 6.13. The van der Waals surface area contributed by atoms with Crippen molar-refractivity contribution in [1.82, 2.24) is 14.8 Å². The first-order valence-corrected chi connectivity index (χ1v) is 8.13. The van der Waals surface area contributed by atoms with E-state index in [9.17, 15) is 4.79 Å². The van der Waals surface area contributed by atoms with E-state index in [-0.39, 0.29) is 5.91 Å². The molecule has 1 aromatic rings. The lowest BCUT2D eigenvalue weighted by Crippen LogP contribution is -2.35. The Balaban J connectivity index is 1.91. The van der Waals surface area contributed by atoms with Crippen molar-refractivity contribution in [1.29, 1.82) is 0 Å². The van der Waals surface area contributed by atoms with Gasteiger partial charge in [-0.2, -0.15) is 0 Å². The second-order valence-corrected chi connectivity index (χ2v) is 6.25. The molecule has 0 aliphatic carbocycles. The van der Waals surface area contributed by atoms with E-state index in [1.807, 2.05) is 17.9 Å². The standard InChI is InChI=1S/C18H27N3O/c1-15(2)6-4-9-20-10-5-11-21(13-12-20)18(22)17-14-19-8-7-16(17)3/h6-8,14H,4-5,9-13H2,1-3H3. The molecule has 0 atom stereocenters. The molecule has 1 aliphatic rings. The van der Waals surface area contributed by atoms with E-state index in [4.69, 9.17) is 0 Å². The molecule has 120 valence electrons. The summed E-state index contributed by atoms with van der Waals surface area (Å²) < 4.78 is 0. The van der Waals surface area contributed by atoms with Gasteiger partial charge in [0.1, 0.15) is 0 Å². The van der Waals surface area contributed by atoms with Crippen LogP contribution in [0.4, 0.5) is 0 Å². The van der Waals surface area contributed by atoms with Crippen molar-refractivity contribution in [2.75, 3.05) is 32.7 Å². The largest absolute Gasteiger partial charge is 0.337 e. The van der Waals surface area contributed by atoms with Gasteiger partial charge in [0.05, 0.1) is 5.56 Å². The monoisotopic (exact) mass is 301 g/mol. The van der Waals surface area contributed by atoms with E-state index in [1.165, 1.54) is 5.57 Å². The third-order valence-corrected chi connectivity index (χ3v) is 4.14. The summed E-state index contributed by atoms with van der Waals surface area (Å²) in [5.74, 6) is 0.122. The minimum Gasteiger partial charge on any atom is -0.337 e. The van der Waals surface area contributed by atoms with Crippen molar-refractivity contribution < 1.29 is 4.79 Å². The molecule has 1 fully saturated rings. The highest BCUT2D eigenvalue weighted by molar-refractivity contribution is 5.95. The van der Waals surface area contributed by atoms with Gasteiger partial charge in [0, 0.05) is 38.6 Å². The molecule has 2 rings (SSSR count). The molecule has 0 bridgehead atoms. The second-order valence-electron chi connectivity index (χ2n) is 6.25. The summed E-state index contributed by atoms with van der Waals surface area (Å²) in [6, 6.07) is 1.90. The van der Waals surface area contributed by atoms with Gasteiger partial charge in [-0.15, -0.1) is 0 Å². The van der Waals surface area contributed by atoms with Crippen LogP contribution in [0, 0.1) is 6.92 Å². The number of nitrogens with zero attached hydrogens (tertiary/aromatic N) is 3. The van der Waals surface area contributed by atoms with Crippen LogP contribution < -0.4 is 0 Å². The van der Waals surface area contributed by atoms with Crippen LogP contribution in [0.5, 0.6) is 0 Å². The highest BCUT2D eigenvalue weighted by atomic mass is 16.2. The van der Waals surface area contributed by atoms with E-state index in [2.05, 4.69) is 29.8 Å². The summed E-state index contributed by atoms with van der Waals surface area (Å²) >= 11 is 0. The van der Waals surface area contributed by atoms with Gasteiger partial charge in [0.25, 0.3) is 5.91 Å². The highest BCUT2D eigenvalue weighted by Crippen LogP contribution is 2.12. The molecule has 4 nitrogen and oxygen atoms in total. The number of allylic oxidation sites excluding steroid dienone is 1. The molecule has 2 heterocycles. The zero-order chi connectivity index (χ0) is 15.9. The minimum atomic E-state index is 0.122. The molecule has 0 spiro atoms. The van der Waals surface area contributed by atoms with Gasteiger partial charge >= 0.3 is 0 Å². The molecule has 0 N–H and O–H groups in total. The normalized spacial score (nSPS) is 16.2. The molecule has 1 amide bonds. The SMILES string of the molecule is CC(C)=CCCN1CCCN(C(=O)c2cnccc2C)CC1. The third-order valence-electron chi connectivity index (χ3n) is 4.14. The number of carbonyl (C=O) groups is 1. The summed E-state index contributed by atoms with van der Waals surface area (Å²) in [7, 11) is 0. The first-order valence-electron chi connectivity index (χ1n) is 8.13. The van der Waals surface area contributed by atoms with Crippen molar-refractivity contribution in [2.24, 2.45) is 0 Å². The Labute approximate surface area is 133 Å². The lowest BCUT2D eigenvalue weighted by atomic mass is 10.1. The fraction of sp³-hybridized carbons (Fsp3) is 0.556. The number of rotatable bonds is 4. The zero-order valence-electron chi connectivity index (χ0n) is 14.0. The molecule has 0 unspecified atom stereocenters. The molecule has 0 saturated carbocycles. The average molecular weight is 301 g/mol. The van der Waals surface area contributed by atoms with Gasteiger partial charge in [-0.05, 0) is 51.8 Å². The van der Waals surface area contributed by atoms with Crippen LogP contribution >= 0.6 is 0 Å². The van der Waals surface area contributed by atoms with E-state index in [1.54, 1.807) is 12.4 Å². The summed E-state index contributed by atoms with van der Waals surface area (Å²) in [5.41, 5.74) is 3.11. The fourth-order valence-electron chi connectivity index (χ4n) is 2.79. The maximum Gasteiger partial charge on any atom is 0.255 e. The van der Waals surface area contributed by atoms with Gasteiger partial charge in [0.15, 0.2) is 0 Å². The quantitative estimate of drug-likeness (QED) is 0.802. The summed E-state index contributed by atoms with van der Waals surface area (Å²) in [5, 5.41) is 0. The lowest BCUT2D eigenvalue weighted by Gasteiger charge is -2.22. The van der Waals surface area contributed by atoms with E-state index in [0.717, 1.165) is 56.7 Å². The molecule has 1 saturated heterocycles. The summed E-state index contributed by atoms with van der Waals surface area (Å²) in [6.07, 6.45) is 7.85. The van der Waals surface area contributed by atoms with Crippen molar-refractivity contribution >= 4 is 5.91 Å². The molecule has 22 heavy (non-hydrogen) atoms. The van der Waals surface area contributed by atoms with Crippen molar-refractivity contribution in [2.45, 2.75) is 33.6 Å². The number of aryl methyl sites for hydroxylation is 1. The maximum absolute atomic E-state index is 12.6.